The number of benzene rings is 1. The molecule has 0 bridgehead atoms. The van der Waals surface area contributed by atoms with Crippen molar-refractivity contribution in [2.24, 2.45) is 0 Å². The number of amides is 1. The van der Waals surface area contributed by atoms with E-state index in [2.05, 4.69) is 5.32 Å². The molecule has 0 radical (unpaired) electrons. The number of hydrogen-bond donors (Lipinski definition) is 1. The molecule has 1 aromatic carbocycles. The van der Waals surface area contributed by atoms with Gasteiger partial charge in [-0.15, -0.1) is 12.4 Å². The van der Waals surface area contributed by atoms with E-state index in [0.29, 0.717) is 25.6 Å². The Labute approximate surface area is 137 Å². The average Bonchev–Trinajstić information content (AvgIpc) is 2.49. The van der Waals surface area contributed by atoms with Crippen LogP contribution in [0, 0.1) is 0 Å². The quantitative estimate of drug-likeness (QED) is 0.866. The maximum atomic E-state index is 12.1. The van der Waals surface area contributed by atoms with Crippen molar-refractivity contribution >= 4 is 30.1 Å². The molecule has 6 heteroatoms. The van der Waals surface area contributed by atoms with E-state index in [1.165, 1.54) is 0 Å². The summed E-state index contributed by atoms with van der Waals surface area (Å²) in [6.45, 7) is 2.15. The second-order valence-corrected chi connectivity index (χ2v) is 6.06. The van der Waals surface area contributed by atoms with E-state index in [-0.39, 0.29) is 18.3 Å². The standard InChI is InChI=1S/C15H22N2O2S.ClH/c1-17(8-9-19-14-5-3-2-4-6-14)15(18)11-13-12-20-10-7-16-13;/h2-6,13,16H,7-12H2,1H3;1H. The van der Waals surface area contributed by atoms with Crippen LogP contribution in [-0.2, 0) is 4.79 Å². The van der Waals surface area contributed by atoms with Gasteiger partial charge < -0.3 is 15.0 Å². The Morgan fingerprint density at radius 1 is 1.43 bits per heavy atom. The Kier molecular flexibility index (Phi) is 8.57. The highest BCUT2D eigenvalue weighted by atomic mass is 35.5. The van der Waals surface area contributed by atoms with Crippen LogP contribution < -0.4 is 10.1 Å². The van der Waals surface area contributed by atoms with Crippen LogP contribution in [0.15, 0.2) is 30.3 Å². The first-order valence-corrected chi connectivity index (χ1v) is 8.14. The molecule has 2 rings (SSSR count). The number of nitrogens with one attached hydrogen (secondary N) is 1. The van der Waals surface area contributed by atoms with Crippen LogP contribution in [0.2, 0.25) is 0 Å². The van der Waals surface area contributed by atoms with Crippen LogP contribution in [0.5, 0.6) is 5.75 Å². The van der Waals surface area contributed by atoms with Gasteiger partial charge in [-0.2, -0.15) is 11.8 Å². The van der Waals surface area contributed by atoms with E-state index in [1.54, 1.807) is 4.90 Å². The fourth-order valence-electron chi connectivity index (χ4n) is 2.06. The molecule has 0 aromatic heterocycles. The summed E-state index contributed by atoms with van der Waals surface area (Å²) < 4.78 is 5.60. The van der Waals surface area contributed by atoms with Gasteiger partial charge in [-0.25, -0.2) is 0 Å². The highest BCUT2D eigenvalue weighted by Gasteiger charge is 2.18. The largest absolute Gasteiger partial charge is 0.492 e. The Morgan fingerprint density at radius 3 is 2.86 bits per heavy atom. The molecule has 1 unspecified atom stereocenters. The van der Waals surface area contributed by atoms with Gasteiger partial charge in [-0.05, 0) is 12.1 Å². The number of nitrogens with zero attached hydrogens (tertiary/aromatic N) is 1. The normalized spacial score (nSPS) is 17.7. The minimum absolute atomic E-state index is 0. The lowest BCUT2D eigenvalue weighted by molar-refractivity contribution is -0.130. The highest BCUT2D eigenvalue weighted by Crippen LogP contribution is 2.11. The van der Waals surface area contributed by atoms with Crippen molar-refractivity contribution in [1.82, 2.24) is 10.2 Å². The predicted octanol–water partition coefficient (Wildman–Crippen LogP) is 2.04. The number of hydrogen-bond acceptors (Lipinski definition) is 4. The number of ether oxygens (including phenoxy) is 1. The second kappa shape index (κ2) is 9.92. The van der Waals surface area contributed by atoms with Crippen LogP contribution in [0.25, 0.3) is 0 Å². The zero-order chi connectivity index (χ0) is 14.2. The molecule has 0 spiro atoms. The summed E-state index contributed by atoms with van der Waals surface area (Å²) in [5, 5.41) is 3.39. The Bertz CT molecular complexity index is 413. The molecule has 0 saturated carbocycles. The van der Waals surface area contributed by atoms with E-state index < -0.39 is 0 Å². The molecular weight excluding hydrogens is 308 g/mol. The summed E-state index contributed by atoms with van der Waals surface area (Å²) in [5.74, 6) is 3.20. The van der Waals surface area contributed by atoms with Crippen molar-refractivity contribution in [1.29, 1.82) is 0 Å². The van der Waals surface area contributed by atoms with E-state index in [0.717, 1.165) is 23.8 Å². The number of thioether (sulfide) groups is 1. The number of likely N-dealkylation sites (N-methyl/N-ethyl adjacent to an activating group) is 1. The molecule has 1 saturated heterocycles. The fourth-order valence-corrected chi connectivity index (χ4v) is 3.01. The van der Waals surface area contributed by atoms with E-state index in [1.807, 2.05) is 49.1 Å². The van der Waals surface area contributed by atoms with Crippen molar-refractivity contribution in [2.45, 2.75) is 12.5 Å². The average molecular weight is 331 g/mol. The van der Waals surface area contributed by atoms with Crippen LogP contribution in [0.4, 0.5) is 0 Å². The van der Waals surface area contributed by atoms with Gasteiger partial charge in [0.1, 0.15) is 12.4 Å². The number of carbonyl (C=O) groups excluding carboxylic acids is 1. The lowest BCUT2D eigenvalue weighted by Crippen LogP contribution is -2.42. The van der Waals surface area contributed by atoms with Gasteiger partial charge in [0.2, 0.25) is 5.91 Å². The van der Waals surface area contributed by atoms with Gasteiger partial charge >= 0.3 is 0 Å². The number of para-hydroxylation sites is 1. The number of carbonyl (C=O) groups is 1. The van der Waals surface area contributed by atoms with Gasteiger partial charge in [0.25, 0.3) is 0 Å². The first kappa shape index (κ1) is 18.1. The summed E-state index contributed by atoms with van der Waals surface area (Å²) in [4.78, 5) is 13.8. The highest BCUT2D eigenvalue weighted by molar-refractivity contribution is 7.99. The zero-order valence-corrected chi connectivity index (χ0v) is 13.9. The van der Waals surface area contributed by atoms with Crippen molar-refractivity contribution in [3.05, 3.63) is 30.3 Å². The summed E-state index contributed by atoms with van der Waals surface area (Å²) in [6, 6.07) is 10.00. The van der Waals surface area contributed by atoms with Gasteiger partial charge in [-0.1, -0.05) is 18.2 Å². The number of halogens is 1. The molecule has 1 aromatic rings. The van der Waals surface area contributed by atoms with Crippen LogP contribution in [-0.4, -0.2) is 55.1 Å². The molecule has 0 aliphatic carbocycles. The Balaban J connectivity index is 0.00000220. The summed E-state index contributed by atoms with van der Waals surface area (Å²) in [6.07, 6.45) is 0.578. The predicted molar refractivity (Wildman–Crippen MR) is 90.6 cm³/mol. The van der Waals surface area contributed by atoms with Gasteiger partial charge in [0, 0.05) is 37.6 Å². The summed E-state index contributed by atoms with van der Waals surface area (Å²) in [5.41, 5.74) is 0. The Morgan fingerprint density at radius 2 is 2.19 bits per heavy atom. The topological polar surface area (TPSA) is 41.6 Å². The first-order chi connectivity index (χ1) is 9.75. The van der Waals surface area contributed by atoms with E-state index >= 15 is 0 Å². The second-order valence-electron chi connectivity index (χ2n) is 4.91. The first-order valence-electron chi connectivity index (χ1n) is 6.98. The maximum absolute atomic E-state index is 12.1. The van der Waals surface area contributed by atoms with Crippen LogP contribution in [0.1, 0.15) is 6.42 Å². The van der Waals surface area contributed by atoms with Gasteiger partial charge in [0.15, 0.2) is 0 Å². The van der Waals surface area contributed by atoms with E-state index in [4.69, 9.17) is 4.74 Å². The van der Waals surface area contributed by atoms with Gasteiger partial charge in [0.05, 0.1) is 6.54 Å². The SMILES string of the molecule is CN(CCOc1ccccc1)C(=O)CC1CSCCN1.Cl. The molecule has 1 atom stereocenters. The molecule has 21 heavy (non-hydrogen) atoms. The molecule has 1 fully saturated rings. The molecule has 1 heterocycles. The van der Waals surface area contributed by atoms with Crippen molar-refractivity contribution in [2.75, 3.05) is 38.2 Å². The number of rotatable bonds is 6. The van der Waals surface area contributed by atoms with Gasteiger partial charge in [-0.3, -0.25) is 4.79 Å². The molecule has 1 amide bonds. The maximum Gasteiger partial charge on any atom is 0.224 e. The lowest BCUT2D eigenvalue weighted by atomic mass is 10.2. The monoisotopic (exact) mass is 330 g/mol. The Hall–Kier alpha value is -0.910. The minimum atomic E-state index is 0. The fraction of sp³-hybridized carbons (Fsp3) is 0.533. The molecule has 118 valence electrons. The van der Waals surface area contributed by atoms with Crippen LogP contribution in [0.3, 0.4) is 0 Å². The van der Waals surface area contributed by atoms with Crippen molar-refractivity contribution < 1.29 is 9.53 Å². The molecule has 1 N–H and O–H groups in total. The molecule has 4 nitrogen and oxygen atoms in total. The van der Waals surface area contributed by atoms with Crippen molar-refractivity contribution in [3.8, 4) is 5.75 Å². The molecule has 1 aliphatic rings. The third kappa shape index (κ3) is 6.59. The minimum Gasteiger partial charge on any atom is -0.492 e. The molecular formula is C15H23ClN2O2S. The van der Waals surface area contributed by atoms with E-state index in [9.17, 15) is 4.79 Å². The van der Waals surface area contributed by atoms with Crippen molar-refractivity contribution in [3.63, 3.8) is 0 Å². The van der Waals surface area contributed by atoms with Crippen LogP contribution >= 0.6 is 24.2 Å². The summed E-state index contributed by atoms with van der Waals surface area (Å²) in [7, 11) is 1.84. The zero-order valence-electron chi connectivity index (χ0n) is 12.3. The third-order valence-electron chi connectivity index (χ3n) is 3.28. The molecule has 1 aliphatic heterocycles. The third-order valence-corrected chi connectivity index (χ3v) is 4.41. The lowest BCUT2D eigenvalue weighted by Gasteiger charge is -2.25. The smallest absolute Gasteiger partial charge is 0.224 e. The summed E-state index contributed by atoms with van der Waals surface area (Å²) >= 11 is 1.91.